The smallest absolute Gasteiger partial charge is 0.293 e. The van der Waals surface area contributed by atoms with Crippen LogP contribution < -0.4 is 4.74 Å². The summed E-state index contributed by atoms with van der Waals surface area (Å²) in [6.07, 6.45) is 0. The Hall–Kier alpha value is -2.76. The fraction of sp³-hybridized carbons (Fsp3) is 0.0526. The summed E-state index contributed by atoms with van der Waals surface area (Å²) in [5, 5.41) is 4.78. The number of aromatic nitrogens is 2. The highest BCUT2D eigenvalue weighted by Crippen LogP contribution is 2.32. The molecule has 0 spiro atoms. The lowest BCUT2D eigenvalue weighted by Crippen LogP contribution is -1.94. The van der Waals surface area contributed by atoms with Crippen molar-refractivity contribution in [1.29, 1.82) is 0 Å². The van der Waals surface area contributed by atoms with Crippen molar-refractivity contribution in [3.63, 3.8) is 0 Å². The second kappa shape index (κ2) is 7.23. The van der Waals surface area contributed by atoms with Crippen LogP contribution in [0.3, 0.4) is 0 Å². The molecule has 4 rings (SSSR count). The van der Waals surface area contributed by atoms with Gasteiger partial charge >= 0.3 is 0 Å². The zero-order valence-electron chi connectivity index (χ0n) is 13.4. The van der Waals surface area contributed by atoms with E-state index in [9.17, 15) is 0 Å². The van der Waals surface area contributed by atoms with E-state index in [2.05, 4.69) is 10.1 Å². The Balaban J connectivity index is 1.48. The zero-order chi connectivity index (χ0) is 17.9. The van der Waals surface area contributed by atoms with Gasteiger partial charge in [-0.05, 0) is 24.3 Å². The van der Waals surface area contributed by atoms with Gasteiger partial charge in [0, 0.05) is 5.56 Å². The van der Waals surface area contributed by atoms with Gasteiger partial charge in [0.05, 0.1) is 5.02 Å². The van der Waals surface area contributed by atoms with Crippen LogP contribution in [0.1, 0.15) is 5.76 Å². The molecule has 0 bridgehead atoms. The van der Waals surface area contributed by atoms with Crippen LogP contribution in [0, 0.1) is 0 Å². The van der Waals surface area contributed by atoms with Crippen molar-refractivity contribution in [1.82, 2.24) is 10.1 Å². The van der Waals surface area contributed by atoms with E-state index in [0.29, 0.717) is 39.0 Å². The first-order chi connectivity index (χ1) is 12.7. The molecule has 0 aliphatic carbocycles. The third kappa shape index (κ3) is 3.45. The largest absolute Gasteiger partial charge is 0.484 e. The molecule has 0 saturated carbocycles. The number of nitrogens with zero attached hydrogens (tertiary/aromatic N) is 2. The number of benzene rings is 2. The van der Waals surface area contributed by atoms with E-state index in [-0.39, 0.29) is 6.61 Å². The molecule has 2 heterocycles. The van der Waals surface area contributed by atoms with E-state index in [1.165, 1.54) is 0 Å². The maximum Gasteiger partial charge on any atom is 0.293 e. The fourth-order valence-corrected chi connectivity index (χ4v) is 2.69. The summed E-state index contributed by atoms with van der Waals surface area (Å²) in [6, 6.07) is 18.3. The van der Waals surface area contributed by atoms with Gasteiger partial charge in [0.25, 0.3) is 5.89 Å². The molecule has 0 amide bonds. The molecule has 2 aromatic heterocycles. The number of hydrogen-bond donors (Lipinski definition) is 0. The third-order valence-electron chi connectivity index (χ3n) is 3.62. The molecule has 0 N–H and O–H groups in total. The van der Waals surface area contributed by atoms with Gasteiger partial charge in [-0.15, -0.1) is 0 Å². The van der Waals surface area contributed by atoms with E-state index in [4.69, 9.17) is 36.9 Å². The van der Waals surface area contributed by atoms with Crippen molar-refractivity contribution in [3.05, 3.63) is 76.5 Å². The van der Waals surface area contributed by atoms with Gasteiger partial charge in [-0.25, -0.2) is 0 Å². The standard InChI is InChI=1S/C19H12Cl2N2O3/c20-14-7-4-8-15(17(14)21)24-11-13-9-10-16(25-13)19-22-18(23-26-19)12-5-2-1-3-6-12/h1-10H,11H2. The van der Waals surface area contributed by atoms with Gasteiger partial charge in [-0.1, -0.05) is 64.8 Å². The molecule has 0 atom stereocenters. The molecular weight excluding hydrogens is 375 g/mol. The van der Waals surface area contributed by atoms with Crippen molar-refractivity contribution in [2.45, 2.75) is 6.61 Å². The van der Waals surface area contributed by atoms with E-state index in [1.54, 1.807) is 30.3 Å². The summed E-state index contributed by atoms with van der Waals surface area (Å²) in [5.74, 6) is 2.35. The molecule has 0 radical (unpaired) electrons. The quantitative estimate of drug-likeness (QED) is 0.428. The minimum absolute atomic E-state index is 0.194. The lowest BCUT2D eigenvalue weighted by atomic mass is 10.2. The second-order valence-corrected chi connectivity index (χ2v) is 6.18. The van der Waals surface area contributed by atoms with Crippen molar-refractivity contribution in [2.24, 2.45) is 0 Å². The summed E-state index contributed by atoms with van der Waals surface area (Å²) in [7, 11) is 0. The monoisotopic (exact) mass is 386 g/mol. The topological polar surface area (TPSA) is 61.3 Å². The Kier molecular flexibility index (Phi) is 4.65. The molecule has 0 aliphatic rings. The molecule has 0 fully saturated rings. The SMILES string of the molecule is Clc1cccc(OCc2ccc(-c3nc(-c4ccccc4)no3)o2)c1Cl. The molecule has 0 aliphatic heterocycles. The number of halogens is 2. The number of hydrogen-bond acceptors (Lipinski definition) is 5. The van der Waals surface area contributed by atoms with Crippen LogP contribution in [0.2, 0.25) is 10.0 Å². The molecule has 5 nitrogen and oxygen atoms in total. The van der Waals surface area contributed by atoms with Crippen LogP contribution in [0.4, 0.5) is 0 Å². The average molecular weight is 387 g/mol. The van der Waals surface area contributed by atoms with Crippen LogP contribution in [0.15, 0.2) is 69.6 Å². The Labute approximate surface area is 159 Å². The maximum absolute atomic E-state index is 6.10. The van der Waals surface area contributed by atoms with Crippen LogP contribution in [-0.4, -0.2) is 10.1 Å². The number of rotatable bonds is 5. The van der Waals surface area contributed by atoms with Crippen LogP contribution in [-0.2, 0) is 6.61 Å². The Morgan fingerprint density at radius 1 is 0.923 bits per heavy atom. The predicted molar refractivity (Wildman–Crippen MR) is 98.2 cm³/mol. The summed E-state index contributed by atoms with van der Waals surface area (Å²) in [4.78, 5) is 4.36. The van der Waals surface area contributed by atoms with Crippen LogP contribution in [0.5, 0.6) is 5.75 Å². The summed E-state index contributed by atoms with van der Waals surface area (Å²) >= 11 is 12.1. The number of furan rings is 1. The Morgan fingerprint density at radius 3 is 2.62 bits per heavy atom. The third-order valence-corrected chi connectivity index (χ3v) is 4.42. The predicted octanol–water partition coefficient (Wildman–Crippen LogP) is 5.88. The minimum Gasteiger partial charge on any atom is -0.484 e. The molecule has 2 aromatic carbocycles. The van der Waals surface area contributed by atoms with E-state index >= 15 is 0 Å². The van der Waals surface area contributed by atoms with E-state index in [0.717, 1.165) is 5.56 Å². The molecule has 26 heavy (non-hydrogen) atoms. The second-order valence-electron chi connectivity index (χ2n) is 5.40. The minimum atomic E-state index is 0.194. The zero-order valence-corrected chi connectivity index (χ0v) is 14.9. The highest BCUT2D eigenvalue weighted by Gasteiger charge is 2.15. The first-order valence-electron chi connectivity index (χ1n) is 7.76. The lowest BCUT2D eigenvalue weighted by Gasteiger charge is -2.06. The van der Waals surface area contributed by atoms with Crippen molar-refractivity contribution in [3.8, 4) is 28.8 Å². The fourth-order valence-electron chi connectivity index (χ4n) is 2.34. The molecule has 4 aromatic rings. The Bertz CT molecular complexity index is 1030. The van der Waals surface area contributed by atoms with Crippen molar-refractivity contribution < 1.29 is 13.7 Å². The highest BCUT2D eigenvalue weighted by molar-refractivity contribution is 6.42. The average Bonchev–Trinajstić information content (AvgIpc) is 3.33. The van der Waals surface area contributed by atoms with Crippen molar-refractivity contribution >= 4 is 23.2 Å². The lowest BCUT2D eigenvalue weighted by molar-refractivity contribution is 0.270. The van der Waals surface area contributed by atoms with Gasteiger partial charge in [-0.2, -0.15) is 4.98 Å². The van der Waals surface area contributed by atoms with Gasteiger partial charge in [-0.3, -0.25) is 0 Å². The number of ether oxygens (including phenoxy) is 1. The molecular formula is C19H12Cl2N2O3. The van der Waals surface area contributed by atoms with Crippen molar-refractivity contribution in [2.75, 3.05) is 0 Å². The van der Waals surface area contributed by atoms with Crippen LogP contribution in [0.25, 0.3) is 23.0 Å². The first kappa shape index (κ1) is 16.7. The normalized spacial score (nSPS) is 10.8. The molecule has 7 heteroatoms. The van der Waals surface area contributed by atoms with Gasteiger partial charge in [0.1, 0.15) is 23.1 Å². The molecule has 130 valence electrons. The van der Waals surface area contributed by atoms with Gasteiger partial charge in [0.15, 0.2) is 5.76 Å². The summed E-state index contributed by atoms with van der Waals surface area (Å²) < 4.78 is 16.6. The Morgan fingerprint density at radius 2 is 1.77 bits per heavy atom. The van der Waals surface area contributed by atoms with Gasteiger partial charge < -0.3 is 13.7 Å². The highest BCUT2D eigenvalue weighted by atomic mass is 35.5. The molecule has 0 unspecified atom stereocenters. The maximum atomic E-state index is 6.10. The summed E-state index contributed by atoms with van der Waals surface area (Å²) in [6.45, 7) is 0.194. The van der Waals surface area contributed by atoms with E-state index in [1.807, 2.05) is 30.3 Å². The first-order valence-corrected chi connectivity index (χ1v) is 8.51. The van der Waals surface area contributed by atoms with E-state index < -0.39 is 0 Å². The van der Waals surface area contributed by atoms with Gasteiger partial charge in [0.2, 0.25) is 5.82 Å². The summed E-state index contributed by atoms with van der Waals surface area (Å²) in [5.41, 5.74) is 0.869. The molecule has 0 saturated heterocycles. The van der Waals surface area contributed by atoms with Crippen LogP contribution >= 0.6 is 23.2 Å².